The van der Waals surface area contributed by atoms with Gasteiger partial charge in [0.1, 0.15) is 0 Å². The van der Waals surface area contributed by atoms with E-state index in [0.717, 1.165) is 84.5 Å². The van der Waals surface area contributed by atoms with Crippen molar-refractivity contribution >= 4 is 5.96 Å². The van der Waals surface area contributed by atoms with Gasteiger partial charge in [0, 0.05) is 52.5 Å². The van der Waals surface area contributed by atoms with E-state index in [1.807, 2.05) is 6.92 Å². The summed E-state index contributed by atoms with van der Waals surface area (Å²) in [5, 5.41) is 6.72. The summed E-state index contributed by atoms with van der Waals surface area (Å²) in [6, 6.07) is 0. The first kappa shape index (κ1) is 20.2. The molecule has 0 aromatic carbocycles. The second-order valence-corrected chi connectivity index (χ2v) is 6.07. The van der Waals surface area contributed by atoms with Gasteiger partial charge in [0.05, 0.1) is 13.2 Å². The van der Waals surface area contributed by atoms with Gasteiger partial charge in [-0.3, -0.25) is 9.89 Å². The average molecular weight is 329 g/mol. The molecule has 1 aliphatic rings. The van der Waals surface area contributed by atoms with Crippen molar-refractivity contribution in [2.45, 2.75) is 33.6 Å². The number of hydrogen-bond donors (Lipinski definition) is 2. The molecule has 6 nitrogen and oxygen atoms in total. The zero-order valence-electron chi connectivity index (χ0n) is 15.3. The predicted molar refractivity (Wildman–Crippen MR) is 96.1 cm³/mol. The van der Waals surface area contributed by atoms with E-state index in [2.05, 4.69) is 29.4 Å². The van der Waals surface area contributed by atoms with Crippen LogP contribution < -0.4 is 10.6 Å². The number of morpholine rings is 1. The van der Waals surface area contributed by atoms with Crippen LogP contribution in [-0.2, 0) is 9.47 Å². The second-order valence-electron chi connectivity index (χ2n) is 6.07. The molecule has 0 spiro atoms. The third-order valence-electron chi connectivity index (χ3n) is 3.79. The highest BCUT2D eigenvalue weighted by Crippen LogP contribution is 2.03. The van der Waals surface area contributed by atoms with Gasteiger partial charge in [-0.15, -0.1) is 0 Å². The Bertz CT molecular complexity index is 307. The molecule has 1 saturated heterocycles. The highest BCUT2D eigenvalue weighted by atomic mass is 16.5. The summed E-state index contributed by atoms with van der Waals surface area (Å²) in [4.78, 5) is 7.19. The maximum absolute atomic E-state index is 5.39. The largest absolute Gasteiger partial charge is 0.382 e. The smallest absolute Gasteiger partial charge is 0.191 e. The molecular weight excluding hydrogens is 292 g/mol. The Balaban J connectivity index is 2.21. The maximum Gasteiger partial charge on any atom is 0.191 e. The topological polar surface area (TPSA) is 58.1 Å². The molecule has 6 heteroatoms. The monoisotopic (exact) mass is 328 g/mol. The lowest BCUT2D eigenvalue weighted by atomic mass is 10.1. The van der Waals surface area contributed by atoms with Gasteiger partial charge in [-0.25, -0.2) is 0 Å². The number of guanidine groups is 1. The molecule has 0 amide bonds. The maximum atomic E-state index is 5.39. The highest BCUT2D eigenvalue weighted by Gasteiger charge is 2.13. The Morgan fingerprint density at radius 2 is 2.00 bits per heavy atom. The Morgan fingerprint density at radius 3 is 2.70 bits per heavy atom. The predicted octanol–water partition coefficient (Wildman–Crippen LogP) is 1.33. The van der Waals surface area contributed by atoms with E-state index in [0.29, 0.717) is 5.92 Å². The Hall–Kier alpha value is -0.850. The molecule has 0 aliphatic carbocycles. The van der Waals surface area contributed by atoms with Crippen molar-refractivity contribution in [2.75, 3.05) is 65.7 Å². The summed E-state index contributed by atoms with van der Waals surface area (Å²) < 4.78 is 10.7. The third kappa shape index (κ3) is 10.5. The summed E-state index contributed by atoms with van der Waals surface area (Å²) in [7, 11) is 0. The fourth-order valence-corrected chi connectivity index (χ4v) is 2.55. The molecule has 0 radical (unpaired) electrons. The Kier molecular flexibility index (Phi) is 11.9. The van der Waals surface area contributed by atoms with Crippen LogP contribution in [0.2, 0.25) is 0 Å². The van der Waals surface area contributed by atoms with Crippen molar-refractivity contribution in [1.29, 1.82) is 0 Å². The quantitative estimate of drug-likeness (QED) is 0.340. The minimum atomic E-state index is 0.557. The first-order valence-corrected chi connectivity index (χ1v) is 9.16. The van der Waals surface area contributed by atoms with Crippen LogP contribution in [0.3, 0.4) is 0 Å². The molecule has 0 saturated carbocycles. The van der Waals surface area contributed by atoms with Crippen molar-refractivity contribution < 1.29 is 9.47 Å². The summed E-state index contributed by atoms with van der Waals surface area (Å²) in [6.07, 6.45) is 2.20. The molecule has 0 bridgehead atoms. The zero-order chi connectivity index (χ0) is 16.8. The minimum Gasteiger partial charge on any atom is -0.382 e. The SMILES string of the molecule is CCNC(=NCC(C)CN1CCOCC1)NCCCCOCC. The van der Waals surface area contributed by atoms with Crippen LogP contribution in [0, 0.1) is 5.92 Å². The number of ether oxygens (including phenoxy) is 2. The lowest BCUT2D eigenvalue weighted by molar-refractivity contribution is 0.0323. The molecule has 1 rings (SSSR count). The van der Waals surface area contributed by atoms with Crippen molar-refractivity contribution in [3.8, 4) is 0 Å². The second kappa shape index (κ2) is 13.6. The molecule has 0 aromatic heterocycles. The Morgan fingerprint density at radius 1 is 1.22 bits per heavy atom. The van der Waals surface area contributed by atoms with Gasteiger partial charge in [0.15, 0.2) is 5.96 Å². The minimum absolute atomic E-state index is 0.557. The van der Waals surface area contributed by atoms with Crippen molar-refractivity contribution in [3.63, 3.8) is 0 Å². The molecule has 1 atom stereocenters. The van der Waals surface area contributed by atoms with E-state index in [1.165, 1.54) is 0 Å². The fourth-order valence-electron chi connectivity index (χ4n) is 2.55. The molecule has 1 aliphatic heterocycles. The number of nitrogens with one attached hydrogen (secondary N) is 2. The van der Waals surface area contributed by atoms with Crippen molar-refractivity contribution in [2.24, 2.45) is 10.9 Å². The number of unbranched alkanes of at least 4 members (excludes halogenated alkanes) is 1. The first-order valence-electron chi connectivity index (χ1n) is 9.16. The summed E-state index contributed by atoms with van der Waals surface area (Å²) in [6.45, 7) is 15.7. The van der Waals surface area contributed by atoms with Crippen LogP contribution in [0.5, 0.6) is 0 Å². The van der Waals surface area contributed by atoms with Crippen molar-refractivity contribution in [3.05, 3.63) is 0 Å². The van der Waals surface area contributed by atoms with Crippen LogP contribution in [0.25, 0.3) is 0 Å². The molecule has 0 aromatic rings. The van der Waals surface area contributed by atoms with E-state index in [9.17, 15) is 0 Å². The van der Waals surface area contributed by atoms with Gasteiger partial charge in [-0.2, -0.15) is 0 Å². The van der Waals surface area contributed by atoms with E-state index in [4.69, 9.17) is 14.5 Å². The highest BCUT2D eigenvalue weighted by molar-refractivity contribution is 5.79. The van der Waals surface area contributed by atoms with Crippen molar-refractivity contribution in [1.82, 2.24) is 15.5 Å². The summed E-state index contributed by atoms with van der Waals surface area (Å²) in [5.41, 5.74) is 0. The van der Waals surface area contributed by atoms with E-state index < -0.39 is 0 Å². The molecule has 136 valence electrons. The third-order valence-corrected chi connectivity index (χ3v) is 3.79. The van der Waals surface area contributed by atoms with Crippen LogP contribution >= 0.6 is 0 Å². The molecule has 1 heterocycles. The number of rotatable bonds is 11. The standard InChI is InChI=1S/C17H36N4O2/c1-4-18-17(19-8-6-7-11-22-5-2)20-14-16(3)15-21-9-12-23-13-10-21/h16H,4-15H2,1-3H3,(H2,18,19,20). The Labute approximate surface area is 142 Å². The van der Waals surface area contributed by atoms with E-state index in [-0.39, 0.29) is 0 Å². The van der Waals surface area contributed by atoms with Gasteiger partial charge in [0.2, 0.25) is 0 Å². The molecular formula is C17H36N4O2. The van der Waals surface area contributed by atoms with Crippen LogP contribution in [0.1, 0.15) is 33.6 Å². The van der Waals surface area contributed by atoms with Gasteiger partial charge >= 0.3 is 0 Å². The van der Waals surface area contributed by atoms with Gasteiger partial charge in [-0.1, -0.05) is 6.92 Å². The van der Waals surface area contributed by atoms with Gasteiger partial charge in [0.25, 0.3) is 0 Å². The van der Waals surface area contributed by atoms with E-state index in [1.54, 1.807) is 0 Å². The number of nitrogens with zero attached hydrogens (tertiary/aromatic N) is 2. The fraction of sp³-hybridized carbons (Fsp3) is 0.941. The summed E-state index contributed by atoms with van der Waals surface area (Å²) >= 11 is 0. The lowest BCUT2D eigenvalue weighted by Crippen LogP contribution is -2.40. The molecule has 2 N–H and O–H groups in total. The average Bonchev–Trinajstić information content (AvgIpc) is 2.56. The van der Waals surface area contributed by atoms with Gasteiger partial charge in [-0.05, 0) is 32.6 Å². The van der Waals surface area contributed by atoms with Crippen LogP contribution in [0.4, 0.5) is 0 Å². The number of hydrogen-bond acceptors (Lipinski definition) is 4. The molecule has 1 unspecified atom stereocenters. The first-order chi connectivity index (χ1) is 11.3. The molecule has 1 fully saturated rings. The van der Waals surface area contributed by atoms with Crippen LogP contribution in [-0.4, -0.2) is 76.6 Å². The lowest BCUT2D eigenvalue weighted by Gasteiger charge is -2.28. The normalized spacial score (nSPS) is 18.0. The van der Waals surface area contributed by atoms with Crippen LogP contribution in [0.15, 0.2) is 4.99 Å². The summed E-state index contributed by atoms with van der Waals surface area (Å²) in [5.74, 6) is 1.49. The van der Waals surface area contributed by atoms with Gasteiger partial charge < -0.3 is 20.1 Å². The number of aliphatic imine (C=N–C) groups is 1. The molecule has 23 heavy (non-hydrogen) atoms. The van der Waals surface area contributed by atoms with E-state index >= 15 is 0 Å². The zero-order valence-corrected chi connectivity index (χ0v) is 15.3.